The molecule has 38 heavy (non-hydrogen) atoms. The molecule has 2 nitrogen and oxygen atoms in total. The van der Waals surface area contributed by atoms with Crippen molar-refractivity contribution in [2.45, 2.75) is 19.6 Å². The molecule has 0 bridgehead atoms. The summed E-state index contributed by atoms with van der Waals surface area (Å²) in [4.78, 5) is 5.09. The van der Waals surface area contributed by atoms with Crippen LogP contribution in [0.5, 0.6) is 0 Å². The number of dihydropyridines is 2. The van der Waals surface area contributed by atoms with E-state index in [1.54, 1.807) is 0 Å². The van der Waals surface area contributed by atoms with Crippen LogP contribution in [0.25, 0.3) is 33.5 Å². The first kappa shape index (κ1) is 23.3. The number of benzene rings is 4. The molecule has 184 valence electrons. The highest BCUT2D eigenvalue weighted by atomic mass is 32.2. The zero-order valence-corrected chi connectivity index (χ0v) is 22.4. The first-order valence-electron chi connectivity index (χ1n) is 12.9. The van der Waals surface area contributed by atoms with E-state index in [4.69, 9.17) is 0 Å². The summed E-state index contributed by atoms with van der Waals surface area (Å²) in [6.45, 7) is 1.72. The average molecular weight is 527 g/mol. The van der Waals surface area contributed by atoms with Gasteiger partial charge in [0.15, 0.2) is 0 Å². The normalized spacial score (nSPS) is 15.5. The topological polar surface area (TPSA) is 24.1 Å². The van der Waals surface area contributed by atoms with Crippen LogP contribution < -0.4 is 10.6 Å². The zero-order chi connectivity index (χ0) is 25.3. The third kappa shape index (κ3) is 4.40. The first-order valence-corrected chi connectivity index (χ1v) is 14.5. The van der Waals surface area contributed by atoms with Gasteiger partial charge in [-0.3, -0.25) is 0 Å². The van der Waals surface area contributed by atoms with Gasteiger partial charge in [-0.15, -0.1) is 0 Å². The van der Waals surface area contributed by atoms with Gasteiger partial charge in [0.1, 0.15) is 0 Å². The minimum Gasteiger partial charge on any atom is -0.387 e. The van der Waals surface area contributed by atoms with Crippen molar-refractivity contribution in [1.82, 2.24) is 10.6 Å². The SMILES string of the molecule is C1=CCNC(c2ccc3c(c2)Sc2ccccc2-c2ccccc2Sc2cc(C4=CCNC=C4)ccc2-3)=C1. The van der Waals surface area contributed by atoms with Gasteiger partial charge in [-0.2, -0.15) is 0 Å². The summed E-state index contributed by atoms with van der Waals surface area (Å²) in [6.07, 6.45) is 12.9. The number of fused-ring (bicyclic) bond motifs is 6. The Balaban J connectivity index is 1.46. The van der Waals surface area contributed by atoms with Crippen molar-refractivity contribution in [1.29, 1.82) is 0 Å². The number of nitrogens with one attached hydrogen (secondary N) is 2. The van der Waals surface area contributed by atoms with Gasteiger partial charge in [0, 0.05) is 38.4 Å². The average Bonchev–Trinajstić information content (AvgIpc) is 2.99. The van der Waals surface area contributed by atoms with Gasteiger partial charge in [0.25, 0.3) is 0 Å². The van der Waals surface area contributed by atoms with Crippen molar-refractivity contribution >= 4 is 34.8 Å². The van der Waals surface area contributed by atoms with E-state index in [0.29, 0.717) is 0 Å². The van der Waals surface area contributed by atoms with Crippen molar-refractivity contribution in [3.05, 3.63) is 133 Å². The molecular formula is C34H26N2S2. The molecule has 3 heterocycles. The molecule has 0 atom stereocenters. The van der Waals surface area contributed by atoms with Crippen LogP contribution in [0.4, 0.5) is 0 Å². The first-order chi connectivity index (χ1) is 18.8. The van der Waals surface area contributed by atoms with E-state index in [2.05, 4.69) is 126 Å². The zero-order valence-electron chi connectivity index (χ0n) is 20.8. The number of hydrogen-bond acceptors (Lipinski definition) is 4. The lowest BCUT2D eigenvalue weighted by Gasteiger charge is -2.22. The van der Waals surface area contributed by atoms with Gasteiger partial charge in [-0.1, -0.05) is 102 Å². The fourth-order valence-corrected chi connectivity index (χ4v) is 7.42. The van der Waals surface area contributed by atoms with Crippen LogP contribution in [0, 0.1) is 0 Å². The highest BCUT2D eigenvalue weighted by Gasteiger charge is 2.20. The molecular weight excluding hydrogens is 501 g/mol. The predicted octanol–water partition coefficient (Wildman–Crippen LogP) is 8.64. The van der Waals surface area contributed by atoms with Crippen LogP contribution >= 0.6 is 23.5 Å². The van der Waals surface area contributed by atoms with E-state index in [1.807, 2.05) is 29.7 Å². The largest absolute Gasteiger partial charge is 0.387 e. The summed E-state index contributed by atoms with van der Waals surface area (Å²) in [6, 6.07) is 31.5. The Morgan fingerprint density at radius 3 is 1.87 bits per heavy atom. The van der Waals surface area contributed by atoms with Crippen molar-refractivity contribution in [3.63, 3.8) is 0 Å². The Labute approximate surface area is 232 Å². The molecule has 0 radical (unpaired) electrons. The maximum absolute atomic E-state index is 3.53. The molecule has 4 aromatic carbocycles. The van der Waals surface area contributed by atoms with Gasteiger partial charge in [-0.25, -0.2) is 0 Å². The molecule has 3 aliphatic heterocycles. The van der Waals surface area contributed by atoms with E-state index in [-0.39, 0.29) is 0 Å². The molecule has 0 fully saturated rings. The van der Waals surface area contributed by atoms with Crippen LogP contribution in [0.1, 0.15) is 11.1 Å². The standard InChI is InChI=1S/C34H26N2S2/c1-3-10-31-26(7-1)27-8-2-4-11-32(27)38-34-22-25(30-9-5-6-18-36-30)13-15-29(34)28-14-12-24(21-33(28)37-31)23-16-19-35-20-17-23/h1-17,19,21-22,35-36H,18,20H2. The monoisotopic (exact) mass is 526 g/mol. The van der Waals surface area contributed by atoms with Crippen LogP contribution in [-0.2, 0) is 0 Å². The minimum absolute atomic E-state index is 0.858. The molecule has 0 spiro atoms. The summed E-state index contributed by atoms with van der Waals surface area (Å²) in [5.41, 5.74) is 9.98. The maximum atomic E-state index is 3.53. The van der Waals surface area contributed by atoms with Gasteiger partial charge in [0.2, 0.25) is 0 Å². The summed E-state index contributed by atoms with van der Waals surface area (Å²) >= 11 is 3.73. The lowest BCUT2D eigenvalue weighted by molar-refractivity contribution is 0.975. The van der Waals surface area contributed by atoms with Crippen LogP contribution in [0.3, 0.4) is 0 Å². The van der Waals surface area contributed by atoms with E-state index >= 15 is 0 Å². The van der Waals surface area contributed by atoms with Crippen molar-refractivity contribution < 1.29 is 0 Å². The molecule has 4 aromatic rings. The molecule has 3 aliphatic rings. The Bertz CT molecular complexity index is 1680. The van der Waals surface area contributed by atoms with Crippen LogP contribution in [0.15, 0.2) is 141 Å². The van der Waals surface area contributed by atoms with Gasteiger partial charge in [0.05, 0.1) is 0 Å². The molecule has 0 aromatic heterocycles. The summed E-state index contributed by atoms with van der Waals surface area (Å²) in [7, 11) is 0. The number of rotatable bonds is 2. The maximum Gasteiger partial charge on any atom is 0.0416 e. The highest BCUT2D eigenvalue weighted by Crippen LogP contribution is 2.49. The van der Waals surface area contributed by atoms with E-state index < -0.39 is 0 Å². The number of allylic oxidation sites excluding steroid dienone is 4. The molecule has 0 saturated heterocycles. The Morgan fingerprint density at radius 2 is 1.24 bits per heavy atom. The summed E-state index contributed by atoms with van der Waals surface area (Å²) in [5, 5.41) is 6.80. The van der Waals surface area contributed by atoms with Gasteiger partial charge < -0.3 is 10.6 Å². The second kappa shape index (κ2) is 10.1. The quantitative estimate of drug-likeness (QED) is 0.240. The molecule has 2 N–H and O–H groups in total. The van der Waals surface area contributed by atoms with Crippen LogP contribution in [-0.4, -0.2) is 13.1 Å². The number of hydrogen-bond donors (Lipinski definition) is 2. The third-order valence-corrected chi connectivity index (χ3v) is 9.30. The fourth-order valence-electron chi connectivity index (χ4n) is 5.13. The van der Waals surface area contributed by atoms with Crippen molar-refractivity contribution in [3.8, 4) is 22.3 Å². The van der Waals surface area contributed by atoms with Gasteiger partial charge >= 0.3 is 0 Å². The lowest BCUT2D eigenvalue weighted by atomic mass is 9.98. The van der Waals surface area contributed by atoms with Gasteiger partial charge in [-0.05, 0) is 81.6 Å². The van der Waals surface area contributed by atoms with E-state index in [1.165, 1.54) is 64.2 Å². The van der Waals surface area contributed by atoms with Crippen molar-refractivity contribution in [2.75, 3.05) is 13.1 Å². The van der Waals surface area contributed by atoms with Crippen LogP contribution in [0.2, 0.25) is 0 Å². The molecule has 7 rings (SSSR count). The Morgan fingerprint density at radius 1 is 0.605 bits per heavy atom. The lowest BCUT2D eigenvalue weighted by Crippen LogP contribution is -2.14. The van der Waals surface area contributed by atoms with E-state index in [0.717, 1.165) is 13.1 Å². The molecule has 0 saturated carbocycles. The second-order valence-corrected chi connectivity index (χ2v) is 11.6. The summed E-state index contributed by atoms with van der Waals surface area (Å²) in [5.74, 6) is 0. The fraction of sp³-hybridized carbons (Fsp3) is 0.0588. The Kier molecular flexibility index (Phi) is 6.20. The Hall–Kier alpha value is -3.86. The van der Waals surface area contributed by atoms with E-state index in [9.17, 15) is 0 Å². The smallest absolute Gasteiger partial charge is 0.0416 e. The van der Waals surface area contributed by atoms with Crippen molar-refractivity contribution in [2.24, 2.45) is 0 Å². The second-order valence-electron chi connectivity index (χ2n) is 9.41. The highest BCUT2D eigenvalue weighted by molar-refractivity contribution is 8.00. The molecule has 0 amide bonds. The third-order valence-electron chi connectivity index (χ3n) is 7.03. The minimum atomic E-state index is 0.858. The molecule has 0 unspecified atom stereocenters. The summed E-state index contributed by atoms with van der Waals surface area (Å²) < 4.78 is 0. The molecule has 4 heteroatoms. The molecule has 0 aliphatic carbocycles. The predicted molar refractivity (Wildman–Crippen MR) is 162 cm³/mol.